The second-order valence-corrected chi connectivity index (χ2v) is 3.54. The molecule has 0 aliphatic heterocycles. The van der Waals surface area contributed by atoms with Gasteiger partial charge in [0.1, 0.15) is 10.1 Å². The van der Waals surface area contributed by atoms with Crippen LogP contribution in [0.2, 0.25) is 0 Å². The summed E-state index contributed by atoms with van der Waals surface area (Å²) in [4.78, 5) is 0. The Morgan fingerprint density at radius 3 is 2.27 bits per heavy atom. The van der Waals surface area contributed by atoms with Crippen molar-refractivity contribution in [3.8, 4) is 0 Å². The molecule has 0 fully saturated rings. The number of rotatable bonds is 4. The smallest absolute Gasteiger partial charge is 0.746 e. The molecule has 0 saturated heterocycles. The summed E-state index contributed by atoms with van der Waals surface area (Å²) in [6, 6.07) is 0. The van der Waals surface area contributed by atoms with Crippen LogP contribution in [0.5, 0.6) is 0 Å². The van der Waals surface area contributed by atoms with E-state index in [1.165, 1.54) is 0 Å². The Bertz CT molecular complexity index is 180. The van der Waals surface area contributed by atoms with Crippen LogP contribution in [-0.4, -0.2) is 18.5 Å². The summed E-state index contributed by atoms with van der Waals surface area (Å²) in [6.07, 6.45) is 0.945. The van der Waals surface area contributed by atoms with Gasteiger partial charge in [-0.2, -0.15) is 0 Å². The largest absolute Gasteiger partial charge is 1.00 e. The van der Waals surface area contributed by atoms with Crippen LogP contribution < -0.4 is 29.6 Å². The Morgan fingerprint density at radius 1 is 1.55 bits per heavy atom. The van der Waals surface area contributed by atoms with Crippen LogP contribution in [0.15, 0.2) is 0 Å². The fourth-order valence-corrected chi connectivity index (χ4v) is 0.964. The standard InChI is InChI=1S/C5H11FO3S.Na/c1-2-3-4-5(6)10(7,8)9;/h5H,2-4H2,1H3,(H,7,8,9);/q;+1/p-1. The molecule has 0 spiro atoms. The number of hydrogen-bond donors (Lipinski definition) is 0. The van der Waals surface area contributed by atoms with E-state index in [1.807, 2.05) is 0 Å². The van der Waals surface area contributed by atoms with Gasteiger partial charge in [0.05, 0.1) is 0 Å². The Hall–Kier alpha value is 0.840. The van der Waals surface area contributed by atoms with Crippen LogP contribution in [0.4, 0.5) is 4.39 Å². The van der Waals surface area contributed by atoms with Gasteiger partial charge in [0.15, 0.2) is 5.50 Å². The van der Waals surface area contributed by atoms with E-state index < -0.39 is 15.6 Å². The minimum atomic E-state index is -4.69. The Balaban J connectivity index is 0. The minimum absolute atomic E-state index is 0. The molecular weight excluding hydrogens is 182 g/mol. The summed E-state index contributed by atoms with van der Waals surface area (Å²) in [5.41, 5.74) is -2.22. The molecule has 6 heteroatoms. The van der Waals surface area contributed by atoms with E-state index in [4.69, 9.17) is 0 Å². The normalized spacial score (nSPS) is 13.7. The first-order chi connectivity index (χ1) is 4.48. The molecule has 0 N–H and O–H groups in total. The van der Waals surface area contributed by atoms with Crippen LogP contribution >= 0.6 is 0 Å². The predicted octanol–water partition coefficient (Wildman–Crippen LogP) is -1.98. The van der Waals surface area contributed by atoms with E-state index in [0.717, 1.165) is 0 Å². The van der Waals surface area contributed by atoms with Crippen molar-refractivity contribution in [1.29, 1.82) is 0 Å². The van der Waals surface area contributed by atoms with Crippen molar-refractivity contribution in [2.24, 2.45) is 0 Å². The van der Waals surface area contributed by atoms with Crippen LogP contribution in [0.25, 0.3) is 0 Å². The van der Waals surface area contributed by atoms with Crippen molar-refractivity contribution in [3.63, 3.8) is 0 Å². The number of hydrogen-bond acceptors (Lipinski definition) is 3. The van der Waals surface area contributed by atoms with Gasteiger partial charge in [-0.05, 0) is 12.8 Å². The first kappa shape index (κ1) is 14.4. The average molecular weight is 192 g/mol. The van der Waals surface area contributed by atoms with Crippen molar-refractivity contribution >= 4 is 10.1 Å². The fraction of sp³-hybridized carbons (Fsp3) is 1.00. The van der Waals surface area contributed by atoms with Gasteiger partial charge in [-0.15, -0.1) is 0 Å². The van der Waals surface area contributed by atoms with Crippen molar-refractivity contribution in [2.75, 3.05) is 0 Å². The first-order valence-corrected chi connectivity index (χ1v) is 4.54. The maximum absolute atomic E-state index is 12.2. The SMILES string of the molecule is CCCCC(F)S(=O)(=O)[O-].[Na+]. The maximum Gasteiger partial charge on any atom is 1.00 e. The van der Waals surface area contributed by atoms with E-state index >= 15 is 0 Å². The van der Waals surface area contributed by atoms with Crippen LogP contribution in [0, 0.1) is 0 Å². The van der Waals surface area contributed by atoms with E-state index in [0.29, 0.717) is 12.8 Å². The second-order valence-electron chi connectivity index (χ2n) is 2.05. The quantitative estimate of drug-likeness (QED) is 0.383. The molecular formula is C5H10FNaO3S. The molecule has 0 aromatic heterocycles. The number of alkyl halides is 1. The predicted molar refractivity (Wildman–Crippen MR) is 34.1 cm³/mol. The molecule has 1 unspecified atom stereocenters. The maximum atomic E-state index is 12.2. The molecule has 0 aromatic carbocycles. The van der Waals surface area contributed by atoms with Gasteiger partial charge in [0.25, 0.3) is 0 Å². The number of unbranched alkanes of at least 4 members (excludes halogenated alkanes) is 1. The molecule has 3 nitrogen and oxygen atoms in total. The van der Waals surface area contributed by atoms with E-state index in [-0.39, 0.29) is 36.0 Å². The molecule has 0 radical (unpaired) electrons. The molecule has 0 aliphatic rings. The third-order valence-electron chi connectivity index (χ3n) is 1.10. The summed E-state index contributed by atoms with van der Waals surface area (Å²) in [5.74, 6) is 0. The topological polar surface area (TPSA) is 57.2 Å². The van der Waals surface area contributed by atoms with Gasteiger partial charge in [0.2, 0.25) is 0 Å². The van der Waals surface area contributed by atoms with E-state index in [9.17, 15) is 17.4 Å². The zero-order chi connectivity index (χ0) is 8.20. The Morgan fingerprint density at radius 2 is 2.00 bits per heavy atom. The van der Waals surface area contributed by atoms with E-state index in [1.54, 1.807) is 6.92 Å². The molecule has 0 heterocycles. The zero-order valence-corrected chi connectivity index (χ0v) is 9.53. The number of halogens is 1. The summed E-state index contributed by atoms with van der Waals surface area (Å²) < 4.78 is 41.9. The van der Waals surface area contributed by atoms with Gasteiger partial charge in [-0.1, -0.05) is 13.3 Å². The van der Waals surface area contributed by atoms with Gasteiger partial charge in [-0.3, -0.25) is 0 Å². The summed E-state index contributed by atoms with van der Waals surface area (Å²) in [5, 5.41) is 0. The molecule has 0 aromatic rings. The van der Waals surface area contributed by atoms with E-state index in [2.05, 4.69) is 0 Å². The summed E-state index contributed by atoms with van der Waals surface area (Å²) >= 11 is 0. The molecule has 0 saturated carbocycles. The minimum Gasteiger partial charge on any atom is -0.746 e. The van der Waals surface area contributed by atoms with Gasteiger partial charge < -0.3 is 4.55 Å². The Labute approximate surface area is 88.4 Å². The first-order valence-electron chi connectivity index (χ1n) is 3.07. The molecule has 0 amide bonds. The van der Waals surface area contributed by atoms with Gasteiger partial charge in [-0.25, -0.2) is 12.8 Å². The van der Waals surface area contributed by atoms with Gasteiger partial charge >= 0.3 is 29.6 Å². The average Bonchev–Trinajstić information content (AvgIpc) is 1.80. The fourth-order valence-electron chi connectivity index (χ4n) is 0.509. The second kappa shape index (κ2) is 6.37. The van der Waals surface area contributed by atoms with Crippen molar-refractivity contribution in [3.05, 3.63) is 0 Å². The molecule has 0 bridgehead atoms. The third kappa shape index (κ3) is 7.21. The van der Waals surface area contributed by atoms with Crippen molar-refractivity contribution in [1.82, 2.24) is 0 Å². The van der Waals surface area contributed by atoms with Crippen LogP contribution in [-0.2, 0) is 10.1 Å². The molecule has 62 valence electrons. The zero-order valence-electron chi connectivity index (χ0n) is 6.71. The summed E-state index contributed by atoms with van der Waals surface area (Å²) in [6.45, 7) is 1.80. The monoisotopic (exact) mass is 192 g/mol. The molecule has 0 aliphatic carbocycles. The Kier molecular flexibility index (Phi) is 8.32. The molecule has 1 atom stereocenters. The van der Waals surface area contributed by atoms with Crippen LogP contribution in [0.3, 0.4) is 0 Å². The van der Waals surface area contributed by atoms with Crippen molar-refractivity contribution in [2.45, 2.75) is 31.7 Å². The third-order valence-corrected chi connectivity index (χ3v) is 1.96. The summed E-state index contributed by atoms with van der Waals surface area (Å²) in [7, 11) is -4.69. The van der Waals surface area contributed by atoms with Gasteiger partial charge in [0, 0.05) is 0 Å². The molecule has 11 heavy (non-hydrogen) atoms. The van der Waals surface area contributed by atoms with Crippen LogP contribution in [0.1, 0.15) is 26.2 Å². The van der Waals surface area contributed by atoms with Crippen molar-refractivity contribution < 1.29 is 46.9 Å². The molecule has 0 rings (SSSR count).